The Balaban J connectivity index is 2.18. The van der Waals surface area contributed by atoms with Crippen molar-refractivity contribution in [2.45, 2.75) is 12.5 Å². The van der Waals surface area contributed by atoms with Gasteiger partial charge in [0.1, 0.15) is 5.75 Å². The van der Waals surface area contributed by atoms with Crippen LogP contribution in [0.25, 0.3) is 0 Å². The molecule has 0 amide bonds. The van der Waals surface area contributed by atoms with Crippen LogP contribution in [0.4, 0.5) is 0 Å². The van der Waals surface area contributed by atoms with Crippen LogP contribution in [-0.4, -0.2) is 7.11 Å². The SMILES string of the molecule is COc1ccccc1CC(NN)c1cccs1. The highest BCUT2D eigenvalue weighted by atomic mass is 32.1. The molecule has 0 saturated carbocycles. The first kappa shape index (κ1) is 12.1. The van der Waals surface area contributed by atoms with Crippen LogP contribution in [0.2, 0.25) is 0 Å². The molecule has 4 heteroatoms. The minimum atomic E-state index is 0.131. The molecule has 0 fully saturated rings. The monoisotopic (exact) mass is 248 g/mol. The summed E-state index contributed by atoms with van der Waals surface area (Å²) in [5.74, 6) is 6.53. The van der Waals surface area contributed by atoms with Crippen molar-refractivity contribution < 1.29 is 4.74 Å². The fraction of sp³-hybridized carbons (Fsp3) is 0.231. The Kier molecular flexibility index (Phi) is 4.14. The van der Waals surface area contributed by atoms with E-state index < -0.39 is 0 Å². The molecule has 90 valence electrons. The molecule has 1 atom stereocenters. The fourth-order valence-electron chi connectivity index (χ4n) is 1.82. The van der Waals surface area contributed by atoms with E-state index in [-0.39, 0.29) is 6.04 Å². The third kappa shape index (κ3) is 2.85. The molecule has 2 rings (SSSR count). The maximum Gasteiger partial charge on any atom is 0.122 e. The standard InChI is InChI=1S/C13H16N2OS/c1-16-12-6-3-2-5-10(12)9-11(15-14)13-7-4-8-17-13/h2-8,11,15H,9,14H2,1H3. The van der Waals surface area contributed by atoms with Gasteiger partial charge in [0.15, 0.2) is 0 Å². The van der Waals surface area contributed by atoms with Crippen molar-refractivity contribution in [3.05, 3.63) is 52.2 Å². The van der Waals surface area contributed by atoms with Crippen molar-refractivity contribution in [3.63, 3.8) is 0 Å². The summed E-state index contributed by atoms with van der Waals surface area (Å²) < 4.78 is 5.34. The minimum Gasteiger partial charge on any atom is -0.496 e. The topological polar surface area (TPSA) is 47.3 Å². The van der Waals surface area contributed by atoms with Crippen LogP contribution < -0.4 is 16.0 Å². The molecule has 0 aliphatic carbocycles. The summed E-state index contributed by atoms with van der Waals surface area (Å²) in [5, 5.41) is 2.06. The fourth-order valence-corrected chi connectivity index (χ4v) is 2.61. The Bertz CT molecular complexity index is 456. The Hall–Kier alpha value is -1.36. The number of para-hydroxylation sites is 1. The van der Waals surface area contributed by atoms with E-state index in [2.05, 4.69) is 22.9 Å². The first-order valence-electron chi connectivity index (χ1n) is 5.46. The van der Waals surface area contributed by atoms with E-state index in [4.69, 9.17) is 10.6 Å². The van der Waals surface area contributed by atoms with Crippen molar-refractivity contribution >= 4 is 11.3 Å². The summed E-state index contributed by atoms with van der Waals surface area (Å²) >= 11 is 1.70. The van der Waals surface area contributed by atoms with E-state index in [1.807, 2.05) is 24.3 Å². The van der Waals surface area contributed by atoms with Crippen molar-refractivity contribution in [2.24, 2.45) is 5.84 Å². The third-order valence-corrected chi connectivity index (χ3v) is 3.69. The molecule has 2 aromatic rings. The number of rotatable bonds is 5. The molecule has 1 aromatic carbocycles. The van der Waals surface area contributed by atoms with Gasteiger partial charge in [0.25, 0.3) is 0 Å². The molecular weight excluding hydrogens is 232 g/mol. The van der Waals surface area contributed by atoms with Crippen LogP contribution in [0, 0.1) is 0 Å². The summed E-state index contributed by atoms with van der Waals surface area (Å²) in [6.07, 6.45) is 0.820. The van der Waals surface area contributed by atoms with Gasteiger partial charge in [-0.15, -0.1) is 11.3 Å². The highest BCUT2D eigenvalue weighted by Gasteiger charge is 2.13. The molecule has 1 unspecified atom stereocenters. The molecule has 0 aliphatic heterocycles. The number of thiophene rings is 1. The van der Waals surface area contributed by atoms with Crippen LogP contribution in [-0.2, 0) is 6.42 Å². The van der Waals surface area contributed by atoms with Crippen LogP contribution >= 0.6 is 11.3 Å². The van der Waals surface area contributed by atoms with Gasteiger partial charge in [0.05, 0.1) is 13.2 Å². The zero-order valence-corrected chi connectivity index (χ0v) is 10.5. The van der Waals surface area contributed by atoms with Crippen molar-refractivity contribution in [2.75, 3.05) is 7.11 Å². The van der Waals surface area contributed by atoms with Gasteiger partial charge in [-0.1, -0.05) is 24.3 Å². The Morgan fingerprint density at radius 2 is 2.12 bits per heavy atom. The maximum atomic E-state index is 5.62. The molecule has 0 saturated heterocycles. The Morgan fingerprint density at radius 3 is 2.76 bits per heavy atom. The molecule has 0 bridgehead atoms. The number of nitrogens with two attached hydrogens (primary N) is 1. The lowest BCUT2D eigenvalue weighted by Crippen LogP contribution is -2.29. The quantitative estimate of drug-likeness (QED) is 0.631. The molecule has 0 radical (unpaired) electrons. The van der Waals surface area contributed by atoms with Crippen LogP contribution in [0.15, 0.2) is 41.8 Å². The number of benzene rings is 1. The van der Waals surface area contributed by atoms with Crippen LogP contribution in [0.5, 0.6) is 5.75 Å². The lowest BCUT2D eigenvalue weighted by atomic mass is 10.0. The number of hydrazine groups is 1. The normalized spacial score (nSPS) is 12.4. The van der Waals surface area contributed by atoms with E-state index in [1.165, 1.54) is 4.88 Å². The number of ether oxygens (including phenoxy) is 1. The van der Waals surface area contributed by atoms with Crippen LogP contribution in [0.3, 0.4) is 0 Å². The Morgan fingerprint density at radius 1 is 1.29 bits per heavy atom. The first-order valence-corrected chi connectivity index (χ1v) is 6.34. The van der Waals surface area contributed by atoms with Gasteiger partial charge >= 0.3 is 0 Å². The van der Waals surface area contributed by atoms with Gasteiger partial charge in [-0.3, -0.25) is 11.3 Å². The smallest absolute Gasteiger partial charge is 0.122 e. The van der Waals surface area contributed by atoms with E-state index in [0.29, 0.717) is 0 Å². The van der Waals surface area contributed by atoms with E-state index in [9.17, 15) is 0 Å². The van der Waals surface area contributed by atoms with Gasteiger partial charge in [-0.05, 0) is 29.5 Å². The highest BCUT2D eigenvalue weighted by Crippen LogP contribution is 2.26. The van der Waals surface area contributed by atoms with E-state index in [1.54, 1.807) is 18.4 Å². The molecule has 17 heavy (non-hydrogen) atoms. The predicted molar refractivity (Wildman–Crippen MR) is 71.1 cm³/mol. The molecule has 0 aliphatic rings. The van der Waals surface area contributed by atoms with Crippen LogP contribution in [0.1, 0.15) is 16.5 Å². The first-order chi connectivity index (χ1) is 8.35. The van der Waals surface area contributed by atoms with E-state index in [0.717, 1.165) is 17.7 Å². The maximum absolute atomic E-state index is 5.62. The van der Waals surface area contributed by atoms with Gasteiger partial charge < -0.3 is 4.74 Å². The summed E-state index contributed by atoms with van der Waals surface area (Å²) in [5.41, 5.74) is 4.02. The van der Waals surface area contributed by atoms with Gasteiger partial charge in [0.2, 0.25) is 0 Å². The second-order valence-electron chi connectivity index (χ2n) is 3.75. The average molecular weight is 248 g/mol. The number of nitrogens with one attached hydrogen (secondary N) is 1. The second-order valence-corrected chi connectivity index (χ2v) is 4.73. The molecule has 3 nitrogen and oxygen atoms in total. The summed E-state index contributed by atoms with van der Waals surface area (Å²) in [6.45, 7) is 0. The number of methoxy groups -OCH3 is 1. The van der Waals surface area contributed by atoms with Crippen molar-refractivity contribution in [1.82, 2.24) is 5.43 Å². The third-order valence-electron chi connectivity index (χ3n) is 2.70. The summed E-state index contributed by atoms with van der Waals surface area (Å²) in [7, 11) is 1.69. The summed E-state index contributed by atoms with van der Waals surface area (Å²) in [6, 6.07) is 12.3. The van der Waals surface area contributed by atoms with Gasteiger partial charge in [0, 0.05) is 4.88 Å². The van der Waals surface area contributed by atoms with Gasteiger partial charge in [-0.25, -0.2) is 0 Å². The number of hydrogen-bond donors (Lipinski definition) is 2. The lowest BCUT2D eigenvalue weighted by molar-refractivity contribution is 0.406. The molecule has 1 aromatic heterocycles. The van der Waals surface area contributed by atoms with Crippen molar-refractivity contribution in [3.8, 4) is 5.75 Å². The lowest BCUT2D eigenvalue weighted by Gasteiger charge is -2.16. The zero-order valence-electron chi connectivity index (χ0n) is 9.72. The molecular formula is C13H16N2OS. The largest absolute Gasteiger partial charge is 0.496 e. The number of hydrogen-bond acceptors (Lipinski definition) is 4. The highest BCUT2D eigenvalue weighted by molar-refractivity contribution is 7.10. The molecule has 0 spiro atoms. The van der Waals surface area contributed by atoms with E-state index >= 15 is 0 Å². The second kappa shape index (κ2) is 5.82. The van der Waals surface area contributed by atoms with Crippen molar-refractivity contribution in [1.29, 1.82) is 0 Å². The molecule has 1 heterocycles. The predicted octanol–water partition coefficient (Wildman–Crippen LogP) is 2.50. The molecule has 3 N–H and O–H groups in total. The average Bonchev–Trinajstić information content (AvgIpc) is 2.90. The minimum absolute atomic E-state index is 0.131. The Labute approximate surface area is 105 Å². The zero-order chi connectivity index (χ0) is 12.1. The van der Waals surface area contributed by atoms with Gasteiger partial charge in [-0.2, -0.15) is 0 Å². The summed E-state index contributed by atoms with van der Waals surface area (Å²) in [4.78, 5) is 1.23.